The zero-order valence-electron chi connectivity index (χ0n) is 21.9. The van der Waals surface area contributed by atoms with E-state index >= 15 is 0 Å². The molecule has 0 aromatic rings. The van der Waals surface area contributed by atoms with Crippen molar-refractivity contribution in [3.05, 3.63) is 24.8 Å². The average Bonchev–Trinajstić information content (AvgIpc) is 2.69. The minimum Gasteiger partial charge on any atom is -0.413 e. The first-order valence-electron chi connectivity index (χ1n) is 12.0. The summed E-state index contributed by atoms with van der Waals surface area (Å²) in [5.41, 5.74) is 0. The van der Waals surface area contributed by atoms with Crippen LogP contribution in [0.4, 0.5) is 0 Å². The second-order valence-electron chi connectivity index (χ2n) is 10.7. The van der Waals surface area contributed by atoms with Gasteiger partial charge in [0.05, 0.1) is 12.2 Å². The number of rotatable bonds is 14. The van der Waals surface area contributed by atoms with Crippen LogP contribution in [0, 0.1) is 17.8 Å². The van der Waals surface area contributed by atoms with E-state index in [4.69, 9.17) is 8.85 Å². The highest BCUT2D eigenvalue weighted by molar-refractivity contribution is 6.74. The maximum atomic E-state index is 10.1. The molecule has 0 radical (unpaired) electrons. The lowest BCUT2D eigenvalue weighted by molar-refractivity contribution is -0.0182. The fourth-order valence-electron chi connectivity index (χ4n) is 3.89. The second-order valence-corrected chi connectivity index (χ2v) is 20.1. The molecule has 0 saturated heterocycles. The Kier molecular flexibility index (Phi) is 12.6. The molecule has 3 nitrogen and oxygen atoms in total. The number of allylic oxidation sites excluding steroid dienone is 2. The van der Waals surface area contributed by atoms with Crippen molar-refractivity contribution < 1.29 is 14.0 Å². The Labute approximate surface area is 190 Å². The van der Waals surface area contributed by atoms with E-state index in [0.29, 0.717) is 0 Å². The fraction of sp³-hybridized carbons (Fsp3) is 0.840. The molecule has 1 N–H and O–H groups in total. The van der Waals surface area contributed by atoms with Crippen molar-refractivity contribution in [3.8, 4) is 0 Å². The Morgan fingerprint density at radius 3 is 1.80 bits per heavy atom. The maximum Gasteiger partial charge on any atom is 0.192 e. The van der Waals surface area contributed by atoms with Crippen LogP contribution in [0.15, 0.2) is 24.8 Å². The molecule has 0 fully saturated rings. The van der Waals surface area contributed by atoms with E-state index in [1.807, 2.05) is 12.2 Å². The standard InChI is InChI=1S/C25H52O3Si2/c1-13-17-18-20(5)23(28-30(14-2,15-3)16-4)22(7)24(21(6)19-26)27-29(11,12)25(8,9)10/h13,17-18,20-24,26H,1,14-16,19H2,2-12H3/b18-17-/t20-,21-,22+,23-,24+/m0/s1. The molecule has 178 valence electrons. The predicted molar refractivity (Wildman–Crippen MR) is 138 cm³/mol. The number of hydrogen-bond acceptors (Lipinski definition) is 3. The molecular weight excluding hydrogens is 404 g/mol. The number of aliphatic hydroxyl groups excluding tert-OH is 1. The summed E-state index contributed by atoms with van der Waals surface area (Å²) in [6.07, 6.45) is 6.11. The lowest BCUT2D eigenvalue weighted by Crippen LogP contribution is -2.53. The topological polar surface area (TPSA) is 38.7 Å². The van der Waals surface area contributed by atoms with Crippen molar-refractivity contribution in [2.24, 2.45) is 17.8 Å². The molecule has 0 rings (SSSR count). The van der Waals surface area contributed by atoms with Crippen molar-refractivity contribution in [2.75, 3.05) is 6.61 Å². The monoisotopic (exact) mass is 456 g/mol. The first kappa shape index (κ1) is 29.8. The van der Waals surface area contributed by atoms with E-state index in [2.05, 4.69) is 88.1 Å². The maximum absolute atomic E-state index is 10.1. The highest BCUT2D eigenvalue weighted by Gasteiger charge is 2.44. The molecule has 0 saturated carbocycles. The lowest BCUT2D eigenvalue weighted by atomic mass is 9.84. The average molecular weight is 457 g/mol. The Hall–Kier alpha value is -0.206. The molecule has 0 aliphatic carbocycles. The van der Waals surface area contributed by atoms with E-state index in [1.165, 1.54) is 0 Å². The molecule has 0 aromatic carbocycles. The van der Waals surface area contributed by atoms with Crippen molar-refractivity contribution in [1.82, 2.24) is 0 Å². The van der Waals surface area contributed by atoms with Gasteiger partial charge in [-0.05, 0) is 42.2 Å². The molecule has 0 bridgehead atoms. The molecular formula is C25H52O3Si2. The SMILES string of the molecule is C=C/C=C\[C@H](C)[C@H](O[Si](CC)(CC)CC)[C@@H](C)[C@H](O[Si](C)(C)C(C)(C)C)[C@@H](C)CO. The van der Waals surface area contributed by atoms with Crippen molar-refractivity contribution in [1.29, 1.82) is 0 Å². The van der Waals surface area contributed by atoms with E-state index in [1.54, 1.807) is 0 Å². The summed E-state index contributed by atoms with van der Waals surface area (Å²) in [4.78, 5) is 0. The van der Waals surface area contributed by atoms with Gasteiger partial charge in [-0.2, -0.15) is 0 Å². The van der Waals surface area contributed by atoms with Crippen LogP contribution >= 0.6 is 0 Å². The first-order valence-corrected chi connectivity index (χ1v) is 17.4. The third-order valence-electron chi connectivity index (χ3n) is 7.51. The number of aliphatic hydroxyl groups is 1. The van der Waals surface area contributed by atoms with Gasteiger partial charge in [-0.25, -0.2) is 0 Å². The Bertz CT molecular complexity index is 513. The quantitative estimate of drug-likeness (QED) is 0.218. The Morgan fingerprint density at radius 2 is 1.43 bits per heavy atom. The molecule has 5 heteroatoms. The highest BCUT2D eigenvalue weighted by Crippen LogP contribution is 2.41. The van der Waals surface area contributed by atoms with Crippen molar-refractivity contribution in [2.45, 2.75) is 111 Å². The van der Waals surface area contributed by atoms with Crippen LogP contribution in [-0.2, 0) is 8.85 Å². The van der Waals surface area contributed by atoms with Crippen LogP contribution < -0.4 is 0 Å². The summed E-state index contributed by atoms with van der Waals surface area (Å²) in [5.74, 6) is 0.505. The summed E-state index contributed by atoms with van der Waals surface area (Å²) in [6.45, 7) is 28.9. The summed E-state index contributed by atoms with van der Waals surface area (Å²) < 4.78 is 14.0. The van der Waals surface area contributed by atoms with Crippen LogP contribution in [0.5, 0.6) is 0 Å². The molecule has 0 aliphatic heterocycles. The predicted octanol–water partition coefficient (Wildman–Crippen LogP) is 7.41. The Balaban J connectivity index is 6.16. The Morgan fingerprint density at radius 1 is 0.933 bits per heavy atom. The molecule has 0 heterocycles. The summed E-state index contributed by atoms with van der Waals surface area (Å²) in [7, 11) is -3.79. The largest absolute Gasteiger partial charge is 0.413 e. The van der Waals surface area contributed by atoms with Crippen molar-refractivity contribution >= 4 is 16.6 Å². The van der Waals surface area contributed by atoms with Crippen LogP contribution in [0.2, 0.25) is 36.3 Å². The van der Waals surface area contributed by atoms with Gasteiger partial charge in [-0.3, -0.25) is 0 Å². The van der Waals surface area contributed by atoms with Gasteiger partial charge in [-0.15, -0.1) is 0 Å². The molecule has 0 aromatic heterocycles. The molecule has 0 amide bonds. The van der Waals surface area contributed by atoms with Gasteiger partial charge in [0.15, 0.2) is 16.6 Å². The van der Waals surface area contributed by atoms with Gasteiger partial charge < -0.3 is 14.0 Å². The van der Waals surface area contributed by atoms with Crippen LogP contribution in [-0.4, -0.2) is 40.6 Å². The smallest absolute Gasteiger partial charge is 0.192 e. The van der Waals surface area contributed by atoms with Gasteiger partial charge in [0, 0.05) is 18.4 Å². The normalized spacial score (nSPS) is 18.8. The minimum absolute atomic E-state index is 0.0299. The molecule has 30 heavy (non-hydrogen) atoms. The summed E-state index contributed by atoms with van der Waals surface area (Å²) >= 11 is 0. The second kappa shape index (κ2) is 12.7. The summed E-state index contributed by atoms with van der Waals surface area (Å²) in [5, 5.41) is 10.2. The number of hydrogen-bond donors (Lipinski definition) is 1. The van der Waals surface area contributed by atoms with E-state index in [0.717, 1.165) is 18.1 Å². The van der Waals surface area contributed by atoms with Crippen LogP contribution in [0.3, 0.4) is 0 Å². The summed E-state index contributed by atoms with van der Waals surface area (Å²) in [6, 6.07) is 3.39. The molecule has 0 spiro atoms. The van der Waals surface area contributed by atoms with Gasteiger partial charge in [-0.1, -0.05) is 87.1 Å². The first-order chi connectivity index (χ1) is 13.8. The fourth-order valence-corrected chi connectivity index (χ4v) is 8.38. The minimum atomic E-state index is -1.99. The lowest BCUT2D eigenvalue weighted by Gasteiger charge is -2.46. The van der Waals surface area contributed by atoms with Crippen LogP contribution in [0.25, 0.3) is 0 Å². The van der Waals surface area contributed by atoms with E-state index in [-0.39, 0.29) is 41.6 Å². The molecule has 0 unspecified atom stereocenters. The van der Waals surface area contributed by atoms with Crippen molar-refractivity contribution in [3.63, 3.8) is 0 Å². The molecule has 5 atom stereocenters. The zero-order chi connectivity index (χ0) is 23.8. The third-order valence-corrected chi connectivity index (χ3v) is 16.6. The van der Waals surface area contributed by atoms with Gasteiger partial charge in [0.1, 0.15) is 0 Å². The molecule has 0 aliphatic rings. The van der Waals surface area contributed by atoms with E-state index in [9.17, 15) is 5.11 Å². The van der Waals surface area contributed by atoms with E-state index < -0.39 is 16.6 Å². The van der Waals surface area contributed by atoms with Gasteiger partial charge in [0.25, 0.3) is 0 Å². The van der Waals surface area contributed by atoms with Crippen LogP contribution in [0.1, 0.15) is 62.3 Å². The zero-order valence-corrected chi connectivity index (χ0v) is 23.9. The third kappa shape index (κ3) is 8.05. The van der Waals surface area contributed by atoms with Gasteiger partial charge in [0.2, 0.25) is 0 Å². The van der Waals surface area contributed by atoms with Gasteiger partial charge >= 0.3 is 0 Å². The highest BCUT2D eigenvalue weighted by atomic mass is 28.4.